The molecule has 0 bridgehead atoms. The Kier molecular flexibility index (Phi) is 6.08. The molecule has 4 rings (SSSR count). The molecular formula is C24H23N7O. The molecule has 1 aliphatic heterocycles. The highest BCUT2D eigenvalue weighted by atomic mass is 16.1. The van der Waals surface area contributed by atoms with Gasteiger partial charge in [0.25, 0.3) is 5.91 Å². The van der Waals surface area contributed by atoms with Crippen LogP contribution < -0.4 is 5.32 Å². The number of carbonyl (C=O) groups is 1. The number of benzene rings is 1. The third-order valence-corrected chi connectivity index (χ3v) is 5.43. The molecular weight excluding hydrogens is 402 g/mol. The highest BCUT2D eigenvalue weighted by molar-refractivity contribution is 6.11. The van der Waals surface area contributed by atoms with Crippen LogP contribution in [0.15, 0.2) is 59.5 Å². The molecule has 32 heavy (non-hydrogen) atoms. The van der Waals surface area contributed by atoms with Crippen LogP contribution in [0.4, 0.5) is 5.69 Å². The number of amides is 1. The van der Waals surface area contributed by atoms with Gasteiger partial charge in [0.15, 0.2) is 5.69 Å². The molecule has 3 heterocycles. The summed E-state index contributed by atoms with van der Waals surface area (Å²) >= 11 is 0. The van der Waals surface area contributed by atoms with Crippen LogP contribution in [0.25, 0.3) is 16.5 Å². The van der Waals surface area contributed by atoms with Gasteiger partial charge in [0.2, 0.25) is 0 Å². The van der Waals surface area contributed by atoms with Crippen LogP contribution in [0.2, 0.25) is 0 Å². The lowest BCUT2D eigenvalue weighted by atomic mass is 10.0. The molecule has 8 nitrogen and oxygen atoms in total. The van der Waals surface area contributed by atoms with Crippen molar-refractivity contribution in [3.8, 4) is 6.07 Å². The van der Waals surface area contributed by atoms with Gasteiger partial charge in [-0.15, -0.1) is 0 Å². The molecule has 2 aromatic heterocycles. The number of anilines is 1. The van der Waals surface area contributed by atoms with E-state index in [-0.39, 0.29) is 11.6 Å². The van der Waals surface area contributed by atoms with Crippen LogP contribution in [0, 0.1) is 11.3 Å². The topological polar surface area (TPSA) is 110 Å². The molecule has 1 amide bonds. The van der Waals surface area contributed by atoms with Crippen molar-refractivity contribution in [1.29, 1.82) is 5.26 Å². The van der Waals surface area contributed by atoms with E-state index in [1.165, 1.54) is 19.0 Å². The molecule has 1 aliphatic rings. The number of nitrogens with one attached hydrogen (secondary N) is 2. The second-order valence-electron chi connectivity index (χ2n) is 7.59. The van der Waals surface area contributed by atoms with Crippen molar-refractivity contribution in [2.45, 2.75) is 19.8 Å². The van der Waals surface area contributed by atoms with E-state index < -0.39 is 0 Å². The molecule has 0 aliphatic carbocycles. The molecule has 1 saturated heterocycles. The SMILES string of the molecule is C=N/C=C(\C=C(/C)c1ccc2[nH]nc(C(=O)Nc3ccc(C#N)nc3)c2c1)N1CCCC1. The summed E-state index contributed by atoms with van der Waals surface area (Å²) in [5, 5.41) is 19.5. The number of H-pyrrole nitrogens is 1. The Morgan fingerprint density at radius 3 is 2.81 bits per heavy atom. The number of aromatic amines is 1. The van der Waals surface area contributed by atoms with Gasteiger partial charge in [0, 0.05) is 24.7 Å². The Hall–Kier alpha value is -4.25. The molecule has 1 fully saturated rings. The van der Waals surface area contributed by atoms with Gasteiger partial charge >= 0.3 is 0 Å². The minimum Gasteiger partial charge on any atom is -0.370 e. The summed E-state index contributed by atoms with van der Waals surface area (Å²) in [7, 11) is 0. The molecule has 0 saturated carbocycles. The maximum atomic E-state index is 12.8. The highest BCUT2D eigenvalue weighted by Gasteiger charge is 2.17. The second-order valence-corrected chi connectivity index (χ2v) is 7.59. The standard InChI is InChI=1S/C24H23N7O/c1-16(11-20(15-26-2)31-9-3-4-10-31)17-5-8-22-21(12-17)23(30-29-22)24(32)28-19-7-6-18(13-25)27-14-19/h5-8,11-12,14-15H,2-4,9-10H2,1H3,(H,28,32)(H,29,30)/b16-11+,20-15+. The zero-order valence-electron chi connectivity index (χ0n) is 17.8. The minimum absolute atomic E-state index is 0.286. The van der Waals surface area contributed by atoms with Gasteiger partial charge in [0.1, 0.15) is 11.8 Å². The molecule has 0 radical (unpaired) electrons. The van der Waals surface area contributed by atoms with Crippen molar-refractivity contribution in [1.82, 2.24) is 20.1 Å². The number of carbonyl (C=O) groups excluding carboxylic acids is 1. The van der Waals surface area contributed by atoms with E-state index in [1.54, 1.807) is 18.3 Å². The third kappa shape index (κ3) is 4.42. The van der Waals surface area contributed by atoms with Gasteiger partial charge in [0.05, 0.1) is 23.1 Å². The minimum atomic E-state index is -0.352. The normalized spacial score (nSPS) is 14.4. The predicted octanol–water partition coefficient (Wildman–Crippen LogP) is 4.12. The van der Waals surface area contributed by atoms with Crippen molar-refractivity contribution in [3.05, 3.63) is 71.5 Å². The summed E-state index contributed by atoms with van der Waals surface area (Å²) in [6.45, 7) is 7.67. The van der Waals surface area contributed by atoms with E-state index in [0.717, 1.165) is 40.8 Å². The molecule has 1 aromatic carbocycles. The zero-order chi connectivity index (χ0) is 22.5. The fraction of sp³-hybridized carbons (Fsp3) is 0.208. The molecule has 8 heteroatoms. The molecule has 0 unspecified atom stereocenters. The monoisotopic (exact) mass is 425 g/mol. The third-order valence-electron chi connectivity index (χ3n) is 5.43. The first-order valence-corrected chi connectivity index (χ1v) is 10.3. The largest absolute Gasteiger partial charge is 0.370 e. The lowest BCUT2D eigenvalue weighted by Crippen LogP contribution is -2.17. The molecule has 2 N–H and O–H groups in total. The first-order chi connectivity index (χ1) is 15.6. The molecule has 0 spiro atoms. The predicted molar refractivity (Wildman–Crippen MR) is 125 cm³/mol. The fourth-order valence-electron chi connectivity index (χ4n) is 3.74. The average Bonchev–Trinajstić information content (AvgIpc) is 3.49. The van der Waals surface area contributed by atoms with Gasteiger partial charge in [-0.2, -0.15) is 10.4 Å². The number of aliphatic imine (C=N–C) groups is 1. The number of likely N-dealkylation sites (tertiary alicyclic amines) is 1. The van der Waals surface area contributed by atoms with E-state index >= 15 is 0 Å². The second kappa shape index (κ2) is 9.27. The summed E-state index contributed by atoms with van der Waals surface area (Å²) in [4.78, 5) is 23.1. The number of pyridine rings is 1. The molecule has 0 atom stereocenters. The van der Waals surface area contributed by atoms with Gasteiger partial charge in [-0.25, -0.2) is 4.98 Å². The van der Waals surface area contributed by atoms with Crippen molar-refractivity contribution < 1.29 is 4.79 Å². The van der Waals surface area contributed by atoms with E-state index in [2.05, 4.69) is 43.2 Å². The number of allylic oxidation sites excluding steroid dienone is 2. The maximum absolute atomic E-state index is 12.8. The van der Waals surface area contributed by atoms with Crippen LogP contribution in [0.5, 0.6) is 0 Å². The van der Waals surface area contributed by atoms with Crippen LogP contribution in [-0.4, -0.2) is 45.8 Å². The van der Waals surface area contributed by atoms with Crippen LogP contribution in [0.1, 0.15) is 41.5 Å². The number of nitriles is 1. The van der Waals surface area contributed by atoms with Gasteiger partial charge < -0.3 is 10.2 Å². The molecule has 160 valence electrons. The Bertz CT molecular complexity index is 1260. The Morgan fingerprint density at radius 2 is 2.12 bits per heavy atom. The van der Waals surface area contributed by atoms with Crippen molar-refractivity contribution in [2.75, 3.05) is 18.4 Å². The van der Waals surface area contributed by atoms with Gasteiger partial charge in [-0.1, -0.05) is 6.07 Å². The Morgan fingerprint density at radius 1 is 1.31 bits per heavy atom. The highest BCUT2D eigenvalue weighted by Crippen LogP contribution is 2.25. The number of rotatable bonds is 6. The first-order valence-electron chi connectivity index (χ1n) is 10.3. The number of fused-ring (bicyclic) bond motifs is 1. The van der Waals surface area contributed by atoms with E-state index in [9.17, 15) is 4.79 Å². The van der Waals surface area contributed by atoms with E-state index in [1.807, 2.05) is 31.2 Å². The van der Waals surface area contributed by atoms with Crippen LogP contribution >= 0.6 is 0 Å². The molecule has 3 aromatic rings. The lowest BCUT2D eigenvalue weighted by Gasteiger charge is -2.19. The fourth-order valence-corrected chi connectivity index (χ4v) is 3.74. The summed E-state index contributed by atoms with van der Waals surface area (Å²) in [5.74, 6) is -0.352. The number of aromatic nitrogens is 3. The van der Waals surface area contributed by atoms with Gasteiger partial charge in [-0.05, 0) is 68.0 Å². The van der Waals surface area contributed by atoms with E-state index in [4.69, 9.17) is 5.26 Å². The quantitative estimate of drug-likeness (QED) is 0.456. The summed E-state index contributed by atoms with van der Waals surface area (Å²) < 4.78 is 0. The van der Waals surface area contributed by atoms with Crippen molar-refractivity contribution in [3.63, 3.8) is 0 Å². The smallest absolute Gasteiger partial charge is 0.276 e. The van der Waals surface area contributed by atoms with E-state index in [0.29, 0.717) is 11.4 Å². The van der Waals surface area contributed by atoms with Crippen molar-refractivity contribution >= 4 is 34.8 Å². The summed E-state index contributed by atoms with van der Waals surface area (Å²) in [5.41, 5.74) is 4.92. The average molecular weight is 425 g/mol. The number of hydrogen-bond acceptors (Lipinski definition) is 6. The first kappa shape index (κ1) is 21.0. The van der Waals surface area contributed by atoms with Crippen LogP contribution in [-0.2, 0) is 0 Å². The van der Waals surface area contributed by atoms with Gasteiger partial charge in [-0.3, -0.25) is 14.9 Å². The maximum Gasteiger partial charge on any atom is 0.276 e. The summed E-state index contributed by atoms with van der Waals surface area (Å²) in [6, 6.07) is 11.0. The Balaban J connectivity index is 1.61. The van der Waals surface area contributed by atoms with Crippen LogP contribution in [0.3, 0.4) is 0 Å². The lowest BCUT2D eigenvalue weighted by molar-refractivity contribution is 0.102. The zero-order valence-corrected chi connectivity index (χ0v) is 17.8. The summed E-state index contributed by atoms with van der Waals surface area (Å²) in [6.07, 6.45) is 7.69. The Labute approximate surface area is 186 Å². The number of nitrogens with zero attached hydrogens (tertiary/aromatic N) is 5. The number of hydrogen-bond donors (Lipinski definition) is 2. The van der Waals surface area contributed by atoms with Crippen molar-refractivity contribution in [2.24, 2.45) is 4.99 Å².